The Balaban J connectivity index is 1.66. The summed E-state index contributed by atoms with van der Waals surface area (Å²) >= 11 is 0. The molecule has 182 valence electrons. The maximum absolute atomic E-state index is 12.3. The van der Waals surface area contributed by atoms with E-state index in [1.54, 1.807) is 0 Å². The van der Waals surface area contributed by atoms with Gasteiger partial charge in [0.05, 0.1) is 17.8 Å². The Hall–Kier alpha value is -0.640. The predicted molar refractivity (Wildman–Crippen MR) is 131 cm³/mol. The van der Waals surface area contributed by atoms with Crippen LogP contribution in [0.5, 0.6) is 0 Å². The van der Waals surface area contributed by atoms with Crippen molar-refractivity contribution in [2.24, 2.45) is 40.4 Å². The normalized spacial score (nSPS) is 46.0. The average molecular weight is 445 g/mol. The van der Waals surface area contributed by atoms with E-state index in [-0.39, 0.29) is 16.7 Å². The maximum Gasteiger partial charge on any atom is 0.0919 e. The first-order valence-electron chi connectivity index (χ1n) is 13.4. The van der Waals surface area contributed by atoms with Crippen molar-refractivity contribution in [3.8, 4) is 0 Å². The summed E-state index contributed by atoms with van der Waals surface area (Å²) in [5.41, 5.74) is 2.10. The summed E-state index contributed by atoms with van der Waals surface area (Å²) in [6.07, 6.45) is 7.45. The summed E-state index contributed by atoms with van der Waals surface area (Å²) in [6.45, 7) is 18.3. The third-order valence-corrected chi connectivity index (χ3v) is 11.2. The number of fused-ring (bicyclic) bond motifs is 4. The third kappa shape index (κ3) is 3.40. The molecular formula is C29H48O3. The highest BCUT2D eigenvalue weighted by Crippen LogP contribution is 2.67. The summed E-state index contributed by atoms with van der Waals surface area (Å²) in [5.74, 6) is 2.68. The lowest BCUT2D eigenvalue weighted by Gasteiger charge is -2.61. The number of hydrogen-bond acceptors (Lipinski definition) is 3. The molecule has 0 radical (unpaired) electrons. The zero-order valence-electron chi connectivity index (χ0n) is 21.5. The summed E-state index contributed by atoms with van der Waals surface area (Å²) < 4.78 is 0. The van der Waals surface area contributed by atoms with Crippen molar-refractivity contribution in [3.05, 3.63) is 23.3 Å². The molecule has 0 aromatic heterocycles. The Bertz CT molecular complexity index is 783. The lowest BCUT2D eigenvalue weighted by molar-refractivity contribution is -0.131. The molecule has 32 heavy (non-hydrogen) atoms. The Morgan fingerprint density at radius 1 is 0.969 bits per heavy atom. The van der Waals surface area contributed by atoms with E-state index in [1.807, 2.05) is 0 Å². The lowest BCUT2D eigenvalue weighted by atomic mass is 9.45. The molecule has 0 saturated heterocycles. The van der Waals surface area contributed by atoms with Crippen molar-refractivity contribution in [2.45, 2.75) is 117 Å². The fraction of sp³-hybridized carbons (Fsp3) is 0.862. The minimum Gasteiger partial charge on any atom is -0.389 e. The first-order chi connectivity index (χ1) is 14.9. The number of aliphatic hydroxyl groups excluding tert-OH is 2. The van der Waals surface area contributed by atoms with Gasteiger partial charge in [-0.3, -0.25) is 0 Å². The molecule has 3 saturated carbocycles. The number of aliphatic hydroxyl groups is 3. The van der Waals surface area contributed by atoms with Crippen molar-refractivity contribution >= 4 is 0 Å². The van der Waals surface area contributed by atoms with Gasteiger partial charge >= 0.3 is 0 Å². The molecule has 3 heteroatoms. The minimum atomic E-state index is -0.876. The molecule has 9 atom stereocenters. The van der Waals surface area contributed by atoms with Gasteiger partial charge in [-0.25, -0.2) is 0 Å². The van der Waals surface area contributed by atoms with Gasteiger partial charge in [-0.15, -0.1) is 0 Å². The Labute approximate surface area is 196 Å². The minimum absolute atomic E-state index is 0.00412. The zero-order valence-corrected chi connectivity index (χ0v) is 21.5. The second-order valence-electron chi connectivity index (χ2n) is 12.9. The van der Waals surface area contributed by atoms with Crippen molar-refractivity contribution in [1.29, 1.82) is 0 Å². The van der Waals surface area contributed by atoms with Crippen LogP contribution in [0.25, 0.3) is 0 Å². The largest absolute Gasteiger partial charge is 0.389 e. The summed E-state index contributed by atoms with van der Waals surface area (Å²) in [7, 11) is 0. The van der Waals surface area contributed by atoms with Crippen LogP contribution < -0.4 is 0 Å². The van der Waals surface area contributed by atoms with Crippen LogP contribution in [0.2, 0.25) is 0 Å². The molecular weight excluding hydrogens is 396 g/mol. The molecule has 0 aromatic rings. The Kier molecular flexibility index (Phi) is 6.30. The van der Waals surface area contributed by atoms with E-state index in [0.717, 1.165) is 55.6 Å². The Morgan fingerprint density at radius 3 is 2.31 bits per heavy atom. The highest BCUT2D eigenvalue weighted by molar-refractivity contribution is 5.44. The lowest BCUT2D eigenvalue weighted by Crippen LogP contribution is -2.60. The molecule has 0 bridgehead atoms. The fourth-order valence-corrected chi connectivity index (χ4v) is 8.50. The molecule has 0 unspecified atom stereocenters. The van der Waals surface area contributed by atoms with Gasteiger partial charge < -0.3 is 15.3 Å². The van der Waals surface area contributed by atoms with Crippen LogP contribution in [-0.2, 0) is 0 Å². The quantitative estimate of drug-likeness (QED) is 0.454. The van der Waals surface area contributed by atoms with Gasteiger partial charge in [0.2, 0.25) is 0 Å². The van der Waals surface area contributed by atoms with E-state index in [4.69, 9.17) is 0 Å². The summed E-state index contributed by atoms with van der Waals surface area (Å²) in [5, 5.41) is 34.1. The standard InChI is InChI=1S/C29H48O3/c1-17(2)18(3)8-9-19(4)23-16-25(31)26-22-11-10-21-20(5)24(30)12-13-28(21,7)29(22,32)15-14-27(23,26)6/h17-19,21,23-25,30-32H,5,8-16H2,1-4,6-7H3/t18-,19-,21+,23-,24+,25-,27-,28+,29-/m1/s1. The molecule has 3 fully saturated rings. The SMILES string of the molecule is C=C1[C@@H](O)CC[C@@]2(C)[C@H]1CCC1=C3[C@H](O)C[C@H]([C@H](C)CC[C@@H](C)C(C)C)[C@@]3(C)CC[C@@]12O. The molecule has 0 aliphatic heterocycles. The monoisotopic (exact) mass is 444 g/mol. The van der Waals surface area contributed by atoms with Crippen LogP contribution in [-0.4, -0.2) is 33.1 Å². The Morgan fingerprint density at radius 2 is 1.66 bits per heavy atom. The molecule has 0 aromatic carbocycles. The zero-order chi connectivity index (χ0) is 23.6. The molecule has 4 aliphatic carbocycles. The molecule has 0 heterocycles. The third-order valence-electron chi connectivity index (χ3n) is 11.2. The van der Waals surface area contributed by atoms with Crippen LogP contribution in [0.1, 0.15) is 99.3 Å². The molecule has 3 N–H and O–H groups in total. The van der Waals surface area contributed by atoms with Crippen molar-refractivity contribution in [1.82, 2.24) is 0 Å². The van der Waals surface area contributed by atoms with Gasteiger partial charge in [0.25, 0.3) is 0 Å². The van der Waals surface area contributed by atoms with Crippen LogP contribution in [0.4, 0.5) is 0 Å². The van der Waals surface area contributed by atoms with Gasteiger partial charge in [-0.05, 0) is 96.7 Å². The average Bonchev–Trinajstić information content (AvgIpc) is 3.01. The summed E-state index contributed by atoms with van der Waals surface area (Å²) in [6, 6.07) is 0. The van der Waals surface area contributed by atoms with E-state index in [0.29, 0.717) is 24.2 Å². The summed E-state index contributed by atoms with van der Waals surface area (Å²) in [4.78, 5) is 0. The van der Waals surface area contributed by atoms with E-state index >= 15 is 0 Å². The van der Waals surface area contributed by atoms with Gasteiger partial charge in [0.15, 0.2) is 0 Å². The van der Waals surface area contributed by atoms with E-state index in [2.05, 4.69) is 48.1 Å². The molecule has 0 spiro atoms. The highest BCUT2D eigenvalue weighted by Gasteiger charge is 2.64. The second kappa shape index (κ2) is 8.24. The first kappa shape index (κ1) is 24.5. The van der Waals surface area contributed by atoms with Crippen LogP contribution in [0.15, 0.2) is 23.3 Å². The van der Waals surface area contributed by atoms with E-state index < -0.39 is 17.8 Å². The fourth-order valence-electron chi connectivity index (χ4n) is 8.50. The van der Waals surface area contributed by atoms with E-state index in [1.165, 1.54) is 18.4 Å². The van der Waals surface area contributed by atoms with Crippen molar-refractivity contribution in [3.63, 3.8) is 0 Å². The van der Waals surface area contributed by atoms with E-state index in [9.17, 15) is 15.3 Å². The molecule has 3 nitrogen and oxygen atoms in total. The highest BCUT2D eigenvalue weighted by atomic mass is 16.3. The predicted octanol–water partition coefficient (Wildman–Crippen LogP) is 6.03. The van der Waals surface area contributed by atoms with Gasteiger partial charge in [0, 0.05) is 5.41 Å². The molecule has 4 aliphatic rings. The topological polar surface area (TPSA) is 60.7 Å². The molecule has 0 amide bonds. The molecule has 4 rings (SSSR count). The van der Waals surface area contributed by atoms with Crippen LogP contribution in [0.3, 0.4) is 0 Å². The second-order valence-corrected chi connectivity index (χ2v) is 12.9. The maximum atomic E-state index is 12.3. The van der Waals surface area contributed by atoms with Crippen LogP contribution in [0, 0.1) is 40.4 Å². The van der Waals surface area contributed by atoms with Gasteiger partial charge in [-0.1, -0.05) is 61.0 Å². The van der Waals surface area contributed by atoms with Gasteiger partial charge in [-0.2, -0.15) is 0 Å². The smallest absolute Gasteiger partial charge is 0.0919 e. The number of hydrogen-bond donors (Lipinski definition) is 3. The van der Waals surface area contributed by atoms with Crippen molar-refractivity contribution in [2.75, 3.05) is 0 Å². The van der Waals surface area contributed by atoms with Crippen LogP contribution >= 0.6 is 0 Å². The first-order valence-corrected chi connectivity index (χ1v) is 13.4. The number of rotatable bonds is 5. The van der Waals surface area contributed by atoms with Gasteiger partial charge in [0.1, 0.15) is 0 Å². The van der Waals surface area contributed by atoms with Crippen molar-refractivity contribution < 1.29 is 15.3 Å².